The number of rotatable bonds is 3. The maximum absolute atomic E-state index is 13.4. The van der Waals surface area contributed by atoms with Gasteiger partial charge < -0.3 is 4.74 Å². The SMILES string of the molecule is Cc1ccc(Oc2ccc(CBr)c(Br)c2)cc1F. The Morgan fingerprint density at radius 1 is 1.11 bits per heavy atom. The second-order valence-electron chi connectivity index (χ2n) is 3.90. The molecule has 2 rings (SSSR count). The van der Waals surface area contributed by atoms with Gasteiger partial charge >= 0.3 is 0 Å². The highest BCUT2D eigenvalue weighted by Gasteiger charge is 2.04. The average molecular weight is 374 g/mol. The van der Waals surface area contributed by atoms with Gasteiger partial charge in [0.15, 0.2) is 0 Å². The zero-order valence-electron chi connectivity index (χ0n) is 9.71. The maximum atomic E-state index is 13.4. The first-order valence-corrected chi connectivity index (χ1v) is 7.30. The lowest BCUT2D eigenvalue weighted by Gasteiger charge is -2.08. The quantitative estimate of drug-likeness (QED) is 0.637. The lowest BCUT2D eigenvalue weighted by Crippen LogP contribution is -1.89. The van der Waals surface area contributed by atoms with Crippen molar-refractivity contribution >= 4 is 31.9 Å². The Bertz CT molecular complexity index is 570. The second kappa shape index (κ2) is 5.85. The van der Waals surface area contributed by atoms with E-state index in [0.717, 1.165) is 15.4 Å². The molecule has 0 aromatic heterocycles. The summed E-state index contributed by atoms with van der Waals surface area (Å²) in [5.41, 5.74) is 1.75. The van der Waals surface area contributed by atoms with Gasteiger partial charge in [-0.1, -0.05) is 44.0 Å². The van der Waals surface area contributed by atoms with E-state index in [1.807, 2.05) is 18.2 Å². The van der Waals surface area contributed by atoms with Crippen LogP contribution in [-0.2, 0) is 5.33 Å². The van der Waals surface area contributed by atoms with E-state index in [1.54, 1.807) is 19.1 Å². The van der Waals surface area contributed by atoms with Crippen LogP contribution in [0.1, 0.15) is 11.1 Å². The topological polar surface area (TPSA) is 9.23 Å². The Labute approximate surface area is 122 Å². The van der Waals surface area contributed by atoms with E-state index in [2.05, 4.69) is 31.9 Å². The Hall–Kier alpha value is -0.870. The van der Waals surface area contributed by atoms with Crippen molar-refractivity contribution in [1.29, 1.82) is 0 Å². The monoisotopic (exact) mass is 372 g/mol. The second-order valence-corrected chi connectivity index (χ2v) is 5.31. The van der Waals surface area contributed by atoms with Crippen LogP contribution in [0, 0.1) is 12.7 Å². The van der Waals surface area contributed by atoms with Gasteiger partial charge in [0.2, 0.25) is 0 Å². The van der Waals surface area contributed by atoms with E-state index in [9.17, 15) is 4.39 Å². The fourth-order valence-electron chi connectivity index (χ4n) is 1.47. The third kappa shape index (κ3) is 3.12. The molecule has 1 nitrogen and oxygen atoms in total. The van der Waals surface area contributed by atoms with Crippen molar-refractivity contribution in [2.24, 2.45) is 0 Å². The third-order valence-corrected chi connectivity index (χ3v) is 3.89. The van der Waals surface area contributed by atoms with Crippen LogP contribution in [-0.4, -0.2) is 0 Å². The molecule has 0 aliphatic rings. The summed E-state index contributed by atoms with van der Waals surface area (Å²) in [5.74, 6) is 0.912. The molecule has 18 heavy (non-hydrogen) atoms. The minimum Gasteiger partial charge on any atom is -0.457 e. The summed E-state index contributed by atoms with van der Waals surface area (Å²) >= 11 is 6.86. The Morgan fingerprint density at radius 3 is 2.39 bits per heavy atom. The minimum absolute atomic E-state index is 0.261. The molecule has 2 aromatic rings. The van der Waals surface area contributed by atoms with Gasteiger partial charge in [-0.15, -0.1) is 0 Å². The molecule has 0 N–H and O–H groups in total. The van der Waals surface area contributed by atoms with Crippen LogP contribution in [0.5, 0.6) is 11.5 Å². The van der Waals surface area contributed by atoms with Crippen LogP contribution in [0.4, 0.5) is 4.39 Å². The lowest BCUT2D eigenvalue weighted by molar-refractivity contribution is 0.475. The Balaban J connectivity index is 2.23. The van der Waals surface area contributed by atoms with E-state index in [4.69, 9.17) is 4.74 Å². The lowest BCUT2D eigenvalue weighted by atomic mass is 10.2. The van der Waals surface area contributed by atoms with Crippen LogP contribution >= 0.6 is 31.9 Å². The number of halogens is 3. The molecule has 0 unspecified atom stereocenters. The molecule has 0 atom stereocenters. The molecule has 0 fully saturated rings. The first-order valence-electron chi connectivity index (χ1n) is 5.38. The molecular formula is C14H11Br2FO. The number of benzene rings is 2. The molecule has 0 bridgehead atoms. The molecule has 0 heterocycles. The van der Waals surface area contributed by atoms with Crippen molar-refractivity contribution in [3.63, 3.8) is 0 Å². The largest absolute Gasteiger partial charge is 0.457 e. The molecule has 0 aliphatic carbocycles. The molecule has 0 saturated heterocycles. The highest BCUT2D eigenvalue weighted by molar-refractivity contribution is 9.10. The fourth-order valence-corrected chi connectivity index (χ4v) is 2.84. The summed E-state index contributed by atoms with van der Waals surface area (Å²) in [7, 11) is 0. The van der Waals surface area contributed by atoms with Crippen molar-refractivity contribution in [2.45, 2.75) is 12.3 Å². The van der Waals surface area contributed by atoms with Crippen molar-refractivity contribution in [3.8, 4) is 11.5 Å². The predicted octanol–water partition coefficient (Wildman–Crippen LogP) is 5.58. The van der Waals surface area contributed by atoms with E-state index in [0.29, 0.717) is 17.1 Å². The van der Waals surface area contributed by atoms with Crippen LogP contribution in [0.25, 0.3) is 0 Å². The van der Waals surface area contributed by atoms with Crippen molar-refractivity contribution in [3.05, 3.63) is 57.8 Å². The van der Waals surface area contributed by atoms with Crippen molar-refractivity contribution in [1.82, 2.24) is 0 Å². The third-order valence-electron chi connectivity index (χ3n) is 2.55. The first-order chi connectivity index (χ1) is 8.60. The molecular weight excluding hydrogens is 363 g/mol. The molecule has 0 saturated carbocycles. The summed E-state index contributed by atoms with van der Waals surface area (Å²) in [4.78, 5) is 0. The van der Waals surface area contributed by atoms with E-state index < -0.39 is 0 Å². The fraction of sp³-hybridized carbons (Fsp3) is 0.143. The summed E-state index contributed by atoms with van der Waals surface area (Å²) < 4.78 is 20.0. The van der Waals surface area contributed by atoms with Gasteiger partial charge in [-0.05, 0) is 36.2 Å². The van der Waals surface area contributed by atoms with Gasteiger partial charge in [0.1, 0.15) is 17.3 Å². The summed E-state index contributed by atoms with van der Waals surface area (Å²) in [6.07, 6.45) is 0. The predicted molar refractivity (Wildman–Crippen MR) is 78.0 cm³/mol. The van der Waals surface area contributed by atoms with E-state index >= 15 is 0 Å². The van der Waals surface area contributed by atoms with Crippen LogP contribution in [0.15, 0.2) is 40.9 Å². The van der Waals surface area contributed by atoms with Gasteiger partial charge in [0, 0.05) is 15.9 Å². The number of hydrogen-bond donors (Lipinski definition) is 0. The maximum Gasteiger partial charge on any atom is 0.130 e. The molecule has 0 radical (unpaired) electrons. The molecule has 2 aromatic carbocycles. The number of alkyl halides is 1. The zero-order chi connectivity index (χ0) is 13.1. The standard InChI is InChI=1S/C14H11Br2FO/c1-9-2-4-12(7-14(9)17)18-11-5-3-10(8-15)13(16)6-11/h2-7H,8H2,1H3. The van der Waals surface area contributed by atoms with Gasteiger partial charge in [0.25, 0.3) is 0 Å². The van der Waals surface area contributed by atoms with Gasteiger partial charge in [0.05, 0.1) is 0 Å². The Morgan fingerprint density at radius 2 is 1.78 bits per heavy atom. The number of ether oxygens (including phenoxy) is 1. The zero-order valence-corrected chi connectivity index (χ0v) is 12.9. The van der Waals surface area contributed by atoms with Crippen molar-refractivity contribution < 1.29 is 9.13 Å². The van der Waals surface area contributed by atoms with Gasteiger partial charge in [-0.2, -0.15) is 0 Å². The number of hydrogen-bond acceptors (Lipinski definition) is 1. The van der Waals surface area contributed by atoms with E-state index in [1.165, 1.54) is 6.07 Å². The Kier molecular flexibility index (Phi) is 4.40. The van der Waals surface area contributed by atoms with E-state index in [-0.39, 0.29) is 5.82 Å². The molecule has 0 spiro atoms. The smallest absolute Gasteiger partial charge is 0.130 e. The average Bonchev–Trinajstić information content (AvgIpc) is 2.34. The molecule has 0 amide bonds. The van der Waals surface area contributed by atoms with Crippen LogP contribution in [0.2, 0.25) is 0 Å². The van der Waals surface area contributed by atoms with Gasteiger partial charge in [-0.25, -0.2) is 4.39 Å². The summed E-state index contributed by atoms with van der Waals surface area (Å²) in [5, 5.41) is 0.771. The minimum atomic E-state index is -0.261. The molecule has 4 heteroatoms. The van der Waals surface area contributed by atoms with Gasteiger partial charge in [-0.3, -0.25) is 0 Å². The summed E-state index contributed by atoms with van der Waals surface area (Å²) in [6, 6.07) is 10.5. The highest BCUT2D eigenvalue weighted by Crippen LogP contribution is 2.28. The molecule has 0 aliphatic heterocycles. The number of aryl methyl sites for hydroxylation is 1. The molecule has 94 valence electrons. The highest BCUT2D eigenvalue weighted by atomic mass is 79.9. The van der Waals surface area contributed by atoms with Crippen LogP contribution < -0.4 is 4.74 Å². The van der Waals surface area contributed by atoms with Crippen LogP contribution in [0.3, 0.4) is 0 Å². The summed E-state index contributed by atoms with van der Waals surface area (Å²) in [6.45, 7) is 1.72. The van der Waals surface area contributed by atoms with Crippen molar-refractivity contribution in [2.75, 3.05) is 0 Å². The normalized spacial score (nSPS) is 10.4. The first kappa shape index (κ1) is 13.6.